The van der Waals surface area contributed by atoms with Crippen LogP contribution in [0.15, 0.2) is 18.2 Å². The van der Waals surface area contributed by atoms with E-state index in [0.717, 1.165) is 12.6 Å². The van der Waals surface area contributed by atoms with Gasteiger partial charge in [0.15, 0.2) is 0 Å². The highest BCUT2D eigenvalue weighted by Crippen LogP contribution is 2.27. The molecule has 102 valence electrons. The lowest BCUT2D eigenvalue weighted by atomic mass is 10.1. The number of carbonyl (C=O) groups excluding carboxylic acids is 1. The Balaban J connectivity index is 1.96. The molecule has 3 N–H and O–H groups in total. The van der Waals surface area contributed by atoms with Gasteiger partial charge in [0, 0.05) is 0 Å². The van der Waals surface area contributed by atoms with Crippen molar-refractivity contribution in [3.05, 3.63) is 29.6 Å². The van der Waals surface area contributed by atoms with E-state index in [0.29, 0.717) is 5.92 Å². The average molecular weight is 266 g/mol. The highest BCUT2D eigenvalue weighted by molar-refractivity contribution is 6.01. The van der Waals surface area contributed by atoms with Gasteiger partial charge in [0.05, 0.1) is 17.8 Å². The number of rotatable bonds is 6. The van der Waals surface area contributed by atoms with Gasteiger partial charge in [0.25, 0.3) is 0 Å². The summed E-state index contributed by atoms with van der Waals surface area (Å²) in [5.41, 5.74) is -0.538. The van der Waals surface area contributed by atoms with Crippen LogP contribution in [0.1, 0.15) is 23.2 Å². The van der Waals surface area contributed by atoms with Gasteiger partial charge in [-0.2, -0.15) is 0 Å². The zero-order valence-corrected chi connectivity index (χ0v) is 10.3. The maximum atomic E-state index is 13.5. The fourth-order valence-electron chi connectivity index (χ4n) is 1.72. The van der Waals surface area contributed by atoms with Crippen molar-refractivity contribution >= 4 is 17.6 Å². The van der Waals surface area contributed by atoms with Gasteiger partial charge in [-0.1, -0.05) is 6.07 Å². The number of aromatic carboxylic acids is 1. The van der Waals surface area contributed by atoms with Crippen molar-refractivity contribution in [2.24, 2.45) is 5.92 Å². The number of nitrogens with one attached hydrogen (secondary N) is 2. The van der Waals surface area contributed by atoms with Gasteiger partial charge in [-0.3, -0.25) is 4.79 Å². The molecule has 0 atom stereocenters. The zero-order chi connectivity index (χ0) is 13.8. The Morgan fingerprint density at radius 3 is 2.74 bits per heavy atom. The van der Waals surface area contributed by atoms with Gasteiger partial charge in [0.1, 0.15) is 5.82 Å². The molecule has 0 saturated heterocycles. The van der Waals surface area contributed by atoms with E-state index in [9.17, 15) is 14.0 Å². The first-order valence-corrected chi connectivity index (χ1v) is 6.10. The van der Waals surface area contributed by atoms with Gasteiger partial charge in [-0.15, -0.1) is 0 Å². The maximum Gasteiger partial charge on any atom is 0.337 e. The number of benzene rings is 1. The smallest absolute Gasteiger partial charge is 0.337 e. The quantitative estimate of drug-likeness (QED) is 0.728. The zero-order valence-electron chi connectivity index (χ0n) is 10.3. The first-order chi connectivity index (χ1) is 9.08. The molecule has 6 heteroatoms. The SMILES string of the molecule is O=C(CNCC1CC1)Nc1c(F)cccc1C(=O)O. The van der Waals surface area contributed by atoms with E-state index in [2.05, 4.69) is 10.6 Å². The molecule has 0 aliphatic heterocycles. The van der Waals surface area contributed by atoms with Crippen molar-refractivity contribution in [2.75, 3.05) is 18.4 Å². The van der Waals surface area contributed by atoms with Crippen molar-refractivity contribution < 1.29 is 19.1 Å². The second-order valence-corrected chi connectivity index (χ2v) is 4.59. The van der Waals surface area contributed by atoms with Gasteiger partial charge < -0.3 is 15.7 Å². The topological polar surface area (TPSA) is 78.4 Å². The number of amides is 1. The Morgan fingerprint density at radius 2 is 2.11 bits per heavy atom. The van der Waals surface area contributed by atoms with Crippen LogP contribution >= 0.6 is 0 Å². The molecule has 1 fully saturated rings. The first kappa shape index (κ1) is 13.5. The number of carboxylic acids is 1. The monoisotopic (exact) mass is 266 g/mol. The summed E-state index contributed by atoms with van der Waals surface area (Å²) in [4.78, 5) is 22.5. The van der Waals surface area contributed by atoms with E-state index < -0.39 is 17.7 Å². The second-order valence-electron chi connectivity index (χ2n) is 4.59. The number of anilines is 1. The average Bonchev–Trinajstić information content (AvgIpc) is 3.15. The number of hydrogen-bond donors (Lipinski definition) is 3. The number of carboxylic acid groups (broad SMARTS) is 1. The molecule has 0 heterocycles. The molecular weight excluding hydrogens is 251 g/mol. The Bertz CT molecular complexity index is 501. The lowest BCUT2D eigenvalue weighted by Gasteiger charge is -2.10. The molecule has 0 radical (unpaired) electrons. The van der Waals surface area contributed by atoms with Crippen molar-refractivity contribution in [2.45, 2.75) is 12.8 Å². The minimum absolute atomic E-state index is 0.0455. The van der Waals surface area contributed by atoms with Crippen LogP contribution in [0.3, 0.4) is 0 Å². The molecule has 5 nitrogen and oxygen atoms in total. The van der Waals surface area contributed by atoms with Crippen molar-refractivity contribution in [3.63, 3.8) is 0 Å². The molecule has 0 spiro atoms. The third-order valence-corrected chi connectivity index (χ3v) is 2.92. The predicted molar refractivity (Wildman–Crippen MR) is 67.6 cm³/mol. The number of hydrogen-bond acceptors (Lipinski definition) is 3. The highest BCUT2D eigenvalue weighted by Gasteiger charge is 2.21. The molecule has 1 aromatic rings. The summed E-state index contributed by atoms with van der Waals surface area (Å²) in [6.07, 6.45) is 2.34. The molecule has 1 aliphatic carbocycles. The molecule has 0 aromatic heterocycles. The van der Waals surface area contributed by atoms with Gasteiger partial charge in [0.2, 0.25) is 5.91 Å². The second kappa shape index (κ2) is 5.79. The van der Waals surface area contributed by atoms with E-state index in [-0.39, 0.29) is 17.8 Å². The number of para-hydroxylation sites is 1. The predicted octanol–water partition coefficient (Wildman–Crippen LogP) is 1.46. The van der Waals surface area contributed by atoms with Crippen LogP contribution in [0.4, 0.5) is 10.1 Å². The fourth-order valence-corrected chi connectivity index (χ4v) is 1.72. The van der Waals surface area contributed by atoms with Crippen molar-refractivity contribution in [1.82, 2.24) is 5.32 Å². The Morgan fingerprint density at radius 1 is 1.37 bits per heavy atom. The molecule has 0 bridgehead atoms. The summed E-state index contributed by atoms with van der Waals surface area (Å²) in [5, 5.41) is 14.2. The molecule has 1 amide bonds. The third kappa shape index (κ3) is 3.75. The maximum absolute atomic E-state index is 13.5. The van der Waals surface area contributed by atoms with Gasteiger partial charge in [-0.25, -0.2) is 9.18 Å². The van der Waals surface area contributed by atoms with Crippen LogP contribution in [0.2, 0.25) is 0 Å². The molecular formula is C13H15FN2O3. The van der Waals surface area contributed by atoms with E-state index in [4.69, 9.17) is 5.11 Å². The number of halogens is 1. The van der Waals surface area contributed by atoms with E-state index >= 15 is 0 Å². The minimum Gasteiger partial charge on any atom is -0.478 e. The first-order valence-electron chi connectivity index (χ1n) is 6.10. The summed E-state index contributed by atoms with van der Waals surface area (Å²) in [6, 6.07) is 3.65. The van der Waals surface area contributed by atoms with E-state index in [1.807, 2.05) is 0 Å². The minimum atomic E-state index is -1.28. The van der Waals surface area contributed by atoms with E-state index in [1.165, 1.54) is 25.0 Å². The normalized spacial score (nSPS) is 14.2. The Kier molecular flexibility index (Phi) is 4.11. The summed E-state index contributed by atoms with van der Waals surface area (Å²) in [7, 11) is 0. The highest BCUT2D eigenvalue weighted by atomic mass is 19.1. The van der Waals surface area contributed by atoms with Crippen molar-refractivity contribution in [1.29, 1.82) is 0 Å². The largest absolute Gasteiger partial charge is 0.478 e. The van der Waals surface area contributed by atoms with Crippen LogP contribution in [0.5, 0.6) is 0 Å². The molecule has 0 unspecified atom stereocenters. The lowest BCUT2D eigenvalue weighted by molar-refractivity contribution is -0.115. The number of carbonyl (C=O) groups is 2. The summed E-state index contributed by atoms with van der Waals surface area (Å²) in [5.74, 6) is -1.85. The van der Waals surface area contributed by atoms with Crippen LogP contribution in [0.25, 0.3) is 0 Å². The Hall–Kier alpha value is -1.95. The fraction of sp³-hybridized carbons (Fsp3) is 0.385. The molecule has 1 aliphatic rings. The standard InChI is InChI=1S/C13H15FN2O3/c14-10-3-1-2-9(13(18)19)12(10)16-11(17)7-15-6-8-4-5-8/h1-3,8,15H,4-7H2,(H,16,17)(H,18,19). The summed E-state index contributed by atoms with van der Waals surface area (Å²) >= 11 is 0. The van der Waals surface area contributed by atoms with E-state index in [1.54, 1.807) is 0 Å². The molecule has 2 rings (SSSR count). The third-order valence-electron chi connectivity index (χ3n) is 2.92. The molecule has 1 aromatic carbocycles. The van der Waals surface area contributed by atoms with Crippen LogP contribution in [-0.2, 0) is 4.79 Å². The van der Waals surface area contributed by atoms with Crippen LogP contribution in [-0.4, -0.2) is 30.1 Å². The molecule has 19 heavy (non-hydrogen) atoms. The van der Waals surface area contributed by atoms with Crippen LogP contribution < -0.4 is 10.6 Å². The summed E-state index contributed by atoms with van der Waals surface area (Å²) in [6.45, 7) is 0.806. The van der Waals surface area contributed by atoms with Gasteiger partial charge in [-0.05, 0) is 37.4 Å². The van der Waals surface area contributed by atoms with Crippen LogP contribution in [0, 0.1) is 11.7 Å². The van der Waals surface area contributed by atoms with Crippen molar-refractivity contribution in [3.8, 4) is 0 Å². The Labute approximate surface area is 109 Å². The van der Waals surface area contributed by atoms with Gasteiger partial charge >= 0.3 is 5.97 Å². The lowest BCUT2D eigenvalue weighted by Crippen LogP contribution is -2.30. The molecule has 1 saturated carbocycles. The summed E-state index contributed by atoms with van der Waals surface area (Å²) < 4.78 is 13.5.